The van der Waals surface area contributed by atoms with Crippen molar-refractivity contribution < 1.29 is 4.79 Å². The summed E-state index contributed by atoms with van der Waals surface area (Å²) < 4.78 is 5.87. The Bertz CT molecular complexity index is 2670. The fourth-order valence-electron chi connectivity index (χ4n) is 7.02. The molecule has 0 saturated carbocycles. The van der Waals surface area contributed by atoms with Gasteiger partial charge in [-0.15, -0.1) is 22.7 Å². The summed E-state index contributed by atoms with van der Waals surface area (Å²) in [5.74, 6) is 3.74. The van der Waals surface area contributed by atoms with Gasteiger partial charge >= 0.3 is 0 Å². The van der Waals surface area contributed by atoms with Gasteiger partial charge < -0.3 is 34.9 Å². The Kier molecular flexibility index (Phi) is 13.7. The maximum absolute atomic E-state index is 12.6. The molecule has 8 aromatic rings. The molecule has 0 spiro atoms. The molecule has 2 aromatic carbocycles. The number of thiophene rings is 2. The maximum atomic E-state index is 12.6. The van der Waals surface area contributed by atoms with Crippen LogP contribution in [-0.2, 0) is 4.79 Å². The van der Waals surface area contributed by atoms with E-state index in [4.69, 9.17) is 21.6 Å². The molecule has 2 aliphatic rings. The number of hydrogen-bond donors (Lipinski definition) is 3. The molecule has 1 amide bonds. The number of benzene rings is 2. The van der Waals surface area contributed by atoms with Gasteiger partial charge in [-0.25, -0.2) is 19.9 Å². The van der Waals surface area contributed by atoms with Crippen LogP contribution in [0.15, 0.2) is 109 Å². The summed E-state index contributed by atoms with van der Waals surface area (Å²) in [6, 6.07) is 24.0. The number of carbonyl (C=O) groups excluding carboxylic acids is 1. The third kappa shape index (κ3) is 11.1. The lowest BCUT2D eigenvalue weighted by Gasteiger charge is -2.36. The normalized spacial score (nSPS) is 14.2. The predicted molar refractivity (Wildman–Crippen MR) is 253 cm³/mol. The molecule has 0 aliphatic carbocycles. The maximum Gasteiger partial charge on any atom is 0.228 e. The standard InChI is InChI=1S/C25H29N7OS.C15H10ClN5S.C5H11N/c1-25(2,3)15-21(33)30-10-12-31(13-11-30)24-27-19-9-14-34-22(19)23(29-24)28-20-16-32(17-26-20)18-7-5-4-6-8-18;16-15-18-11-6-7-22-13(11)14(20-15)19-12-8-21(9-17-12)10-4-2-1-3-5-10;1-2-4-6-5-3-1/h4-9,14,16-17H,10-13,15H2,1-3H3,(H,27,28,29);1-9H,(H,18,19,20);6H,1-5H2. The van der Waals surface area contributed by atoms with Crippen molar-refractivity contribution >= 4 is 89.8 Å². The first kappa shape index (κ1) is 42.7. The monoisotopic (exact) mass is 887 g/mol. The minimum atomic E-state index is -0.00458. The second-order valence-electron chi connectivity index (χ2n) is 16.2. The van der Waals surface area contributed by atoms with Crippen LogP contribution in [0.3, 0.4) is 0 Å². The van der Waals surface area contributed by atoms with Gasteiger partial charge in [0.1, 0.15) is 24.3 Å². The lowest BCUT2D eigenvalue weighted by molar-refractivity contribution is -0.133. The van der Waals surface area contributed by atoms with E-state index in [1.807, 2.05) is 110 Å². The number of hydrogen-bond acceptors (Lipinski definition) is 13. The first-order chi connectivity index (χ1) is 30.1. The van der Waals surface area contributed by atoms with Crippen LogP contribution in [0.2, 0.25) is 5.28 Å². The molecule has 2 saturated heterocycles. The fraction of sp³-hybridized carbons (Fsp3) is 0.311. The lowest BCUT2D eigenvalue weighted by Crippen LogP contribution is -2.49. The van der Waals surface area contributed by atoms with E-state index in [2.05, 4.69) is 61.6 Å². The van der Waals surface area contributed by atoms with Crippen molar-refractivity contribution in [3.63, 3.8) is 0 Å². The minimum absolute atomic E-state index is 0.00458. The highest BCUT2D eigenvalue weighted by Gasteiger charge is 2.26. The number of rotatable bonds is 8. The second-order valence-corrected chi connectivity index (χ2v) is 18.3. The van der Waals surface area contributed by atoms with Crippen LogP contribution < -0.4 is 20.9 Å². The van der Waals surface area contributed by atoms with Gasteiger partial charge in [0, 0.05) is 44.0 Å². The van der Waals surface area contributed by atoms with Crippen LogP contribution >= 0.6 is 34.3 Å². The SMILES string of the molecule is C1CCNCC1.CC(C)(C)CC(=O)N1CCN(c2nc(Nc3cn(-c4ccccc4)cn3)c3sccc3n2)CC1.Clc1nc(Nc2cn(-c3ccccc3)cn2)c2sccc2n1. The average Bonchev–Trinajstić information content (AvgIpc) is 4.14. The molecule has 0 radical (unpaired) electrons. The minimum Gasteiger partial charge on any atom is -0.339 e. The summed E-state index contributed by atoms with van der Waals surface area (Å²) in [7, 11) is 0. The Morgan fingerprint density at radius 2 is 1.23 bits per heavy atom. The van der Waals surface area contributed by atoms with E-state index in [0.717, 1.165) is 43.4 Å². The molecule has 0 unspecified atom stereocenters. The molecular formula is C45H50ClN13OS2. The van der Waals surface area contributed by atoms with E-state index in [-0.39, 0.29) is 16.6 Å². The number of anilines is 5. The van der Waals surface area contributed by atoms with E-state index >= 15 is 0 Å². The summed E-state index contributed by atoms with van der Waals surface area (Å²) in [5.41, 5.74) is 3.83. The van der Waals surface area contributed by atoms with Gasteiger partial charge in [0.25, 0.3) is 0 Å². The number of nitrogens with zero attached hydrogens (tertiary/aromatic N) is 10. The van der Waals surface area contributed by atoms with Crippen LogP contribution in [0.25, 0.3) is 31.8 Å². The topological polar surface area (TPSA) is 147 Å². The first-order valence-electron chi connectivity index (χ1n) is 20.8. The summed E-state index contributed by atoms with van der Waals surface area (Å²) in [6.45, 7) is 11.6. The number of aromatic nitrogens is 8. The number of piperidine rings is 1. The zero-order valence-electron chi connectivity index (χ0n) is 35.0. The molecule has 2 aliphatic heterocycles. The van der Waals surface area contributed by atoms with Gasteiger partial charge in [-0.1, -0.05) is 63.6 Å². The number of imidazole rings is 2. The Balaban J connectivity index is 0.000000160. The summed E-state index contributed by atoms with van der Waals surface area (Å²) >= 11 is 9.14. The summed E-state index contributed by atoms with van der Waals surface area (Å²) in [6.07, 6.45) is 12.2. The third-order valence-electron chi connectivity index (χ3n) is 10.1. The van der Waals surface area contributed by atoms with Gasteiger partial charge in [0.15, 0.2) is 11.6 Å². The Morgan fingerprint density at radius 3 is 1.73 bits per heavy atom. The van der Waals surface area contributed by atoms with E-state index in [0.29, 0.717) is 50.2 Å². The van der Waals surface area contributed by atoms with Gasteiger partial charge in [-0.2, -0.15) is 9.97 Å². The van der Waals surface area contributed by atoms with Crippen LogP contribution in [0.1, 0.15) is 46.5 Å². The lowest BCUT2D eigenvalue weighted by atomic mass is 9.91. The van der Waals surface area contributed by atoms with Crippen LogP contribution in [0.4, 0.5) is 29.2 Å². The molecule has 17 heteroatoms. The number of carbonyl (C=O) groups is 1. The van der Waals surface area contributed by atoms with Crippen molar-refractivity contribution in [1.29, 1.82) is 0 Å². The van der Waals surface area contributed by atoms with Crippen molar-refractivity contribution in [2.45, 2.75) is 46.5 Å². The highest BCUT2D eigenvalue weighted by molar-refractivity contribution is 7.18. The van der Waals surface area contributed by atoms with Crippen molar-refractivity contribution in [2.75, 3.05) is 54.8 Å². The van der Waals surface area contributed by atoms with Crippen LogP contribution in [-0.4, -0.2) is 89.1 Å². The van der Waals surface area contributed by atoms with Crippen molar-refractivity contribution in [2.24, 2.45) is 5.41 Å². The number of piperazine rings is 1. The van der Waals surface area contributed by atoms with E-state index in [1.54, 1.807) is 35.3 Å². The number of halogens is 1. The predicted octanol–water partition coefficient (Wildman–Crippen LogP) is 9.74. The molecule has 3 N–H and O–H groups in total. The summed E-state index contributed by atoms with van der Waals surface area (Å²) in [4.78, 5) is 43.7. The Hall–Kier alpha value is -5.94. The molecule has 14 nitrogen and oxygen atoms in total. The van der Waals surface area contributed by atoms with Gasteiger partial charge in [-0.3, -0.25) is 4.79 Å². The smallest absolute Gasteiger partial charge is 0.228 e. The van der Waals surface area contributed by atoms with Crippen LogP contribution in [0, 0.1) is 5.41 Å². The molecule has 320 valence electrons. The summed E-state index contributed by atoms with van der Waals surface area (Å²) in [5, 5.41) is 14.1. The fourth-order valence-corrected chi connectivity index (χ4v) is 8.75. The Labute approximate surface area is 374 Å². The van der Waals surface area contributed by atoms with Crippen molar-refractivity contribution in [1.82, 2.24) is 49.3 Å². The van der Waals surface area contributed by atoms with Gasteiger partial charge in [-0.05, 0) is 90.1 Å². The van der Waals surface area contributed by atoms with E-state index in [1.165, 1.54) is 32.4 Å². The number of fused-ring (bicyclic) bond motifs is 2. The van der Waals surface area contributed by atoms with Gasteiger partial charge in [0.05, 0.1) is 32.8 Å². The van der Waals surface area contributed by atoms with E-state index < -0.39 is 0 Å². The molecule has 62 heavy (non-hydrogen) atoms. The van der Waals surface area contributed by atoms with Gasteiger partial charge in [0.2, 0.25) is 17.1 Å². The van der Waals surface area contributed by atoms with Crippen molar-refractivity contribution in [3.05, 3.63) is 114 Å². The molecular weight excluding hydrogens is 838 g/mol. The van der Waals surface area contributed by atoms with E-state index in [9.17, 15) is 4.79 Å². The average molecular weight is 889 g/mol. The largest absolute Gasteiger partial charge is 0.339 e. The first-order valence-corrected chi connectivity index (χ1v) is 22.9. The molecule has 6 aromatic heterocycles. The molecule has 2 fully saturated rings. The molecule has 10 rings (SSSR count). The second kappa shape index (κ2) is 19.8. The third-order valence-corrected chi connectivity index (χ3v) is 12.1. The molecule has 8 heterocycles. The zero-order chi connectivity index (χ0) is 42.9. The zero-order valence-corrected chi connectivity index (χ0v) is 37.4. The highest BCUT2D eigenvalue weighted by Crippen LogP contribution is 2.32. The Morgan fingerprint density at radius 1 is 0.694 bits per heavy atom. The van der Waals surface area contributed by atoms with Crippen LogP contribution in [0.5, 0.6) is 0 Å². The molecule has 0 bridgehead atoms. The van der Waals surface area contributed by atoms with Crippen molar-refractivity contribution in [3.8, 4) is 11.4 Å². The molecule has 0 atom stereocenters. The number of amides is 1. The quantitative estimate of drug-likeness (QED) is 0.125. The highest BCUT2D eigenvalue weighted by atomic mass is 35.5. The number of nitrogens with one attached hydrogen (secondary N) is 3. The number of para-hydroxylation sites is 2.